The van der Waals surface area contributed by atoms with Crippen LogP contribution in [0.15, 0.2) is 41.4 Å². The molecule has 0 radical (unpaired) electrons. The number of aromatic carboxylic acids is 1. The van der Waals surface area contributed by atoms with Crippen LogP contribution in [-0.4, -0.2) is 29.4 Å². The van der Waals surface area contributed by atoms with E-state index < -0.39 is 5.97 Å². The minimum absolute atomic E-state index is 0.227. The molecule has 0 saturated carbocycles. The lowest BCUT2D eigenvalue weighted by Crippen LogP contribution is -2.01. The molecule has 0 spiro atoms. The second kappa shape index (κ2) is 5.75. The first-order valence-corrected chi connectivity index (χ1v) is 6.81. The van der Waals surface area contributed by atoms with E-state index in [1.165, 1.54) is 11.8 Å². The smallest absolute Gasteiger partial charge is 0.338 e. The van der Waals surface area contributed by atoms with Crippen LogP contribution in [0.1, 0.15) is 10.4 Å². The van der Waals surface area contributed by atoms with Crippen LogP contribution < -0.4 is 4.74 Å². The van der Waals surface area contributed by atoms with Gasteiger partial charge in [0.15, 0.2) is 0 Å². The van der Waals surface area contributed by atoms with Crippen molar-refractivity contribution in [3.05, 3.63) is 42.0 Å². The Bertz CT molecular complexity index is 596. The van der Waals surface area contributed by atoms with Crippen molar-refractivity contribution in [3.8, 4) is 17.0 Å². The van der Waals surface area contributed by atoms with Crippen molar-refractivity contribution in [1.82, 2.24) is 4.98 Å². The number of rotatable bonds is 4. The third-order valence-corrected chi connectivity index (χ3v) is 3.37. The number of carbonyl (C=O) groups is 1. The molecule has 2 rings (SSSR count). The second-order valence-electron chi connectivity index (χ2n) is 3.79. The van der Waals surface area contributed by atoms with Gasteiger partial charge in [-0.3, -0.25) is 0 Å². The Morgan fingerprint density at radius 3 is 2.42 bits per heavy atom. The van der Waals surface area contributed by atoms with Crippen LogP contribution in [0.4, 0.5) is 0 Å². The van der Waals surface area contributed by atoms with Gasteiger partial charge in [0, 0.05) is 5.56 Å². The van der Waals surface area contributed by atoms with Crippen LogP contribution in [-0.2, 0) is 0 Å². The van der Waals surface area contributed by atoms with Crippen LogP contribution in [0.2, 0.25) is 0 Å². The molecule has 0 bridgehead atoms. The fourth-order valence-corrected chi connectivity index (χ4v) is 2.25. The molecule has 0 atom stereocenters. The molecule has 2 aromatic rings. The SMILES string of the molecule is COc1ccc(-c2ccc(C(=O)O)c(SC)n2)cc1. The van der Waals surface area contributed by atoms with Gasteiger partial charge in [-0.25, -0.2) is 9.78 Å². The normalized spacial score (nSPS) is 10.2. The molecule has 1 aromatic carbocycles. The van der Waals surface area contributed by atoms with E-state index in [4.69, 9.17) is 9.84 Å². The van der Waals surface area contributed by atoms with Gasteiger partial charge in [-0.15, -0.1) is 11.8 Å². The van der Waals surface area contributed by atoms with E-state index >= 15 is 0 Å². The lowest BCUT2D eigenvalue weighted by atomic mass is 10.1. The Morgan fingerprint density at radius 1 is 1.21 bits per heavy atom. The summed E-state index contributed by atoms with van der Waals surface area (Å²) in [7, 11) is 1.61. The molecule has 0 aliphatic carbocycles. The van der Waals surface area contributed by atoms with Crippen LogP contribution in [0.5, 0.6) is 5.75 Å². The zero-order chi connectivity index (χ0) is 13.8. The molecule has 4 nitrogen and oxygen atoms in total. The van der Waals surface area contributed by atoms with Crippen molar-refractivity contribution < 1.29 is 14.6 Å². The predicted molar refractivity (Wildman–Crippen MR) is 75.0 cm³/mol. The summed E-state index contributed by atoms with van der Waals surface area (Å²) in [5.74, 6) is -0.186. The number of hydrogen-bond donors (Lipinski definition) is 1. The average Bonchev–Trinajstić information content (AvgIpc) is 2.46. The summed E-state index contributed by atoms with van der Waals surface area (Å²) in [6.07, 6.45) is 1.81. The molecule has 19 heavy (non-hydrogen) atoms. The topological polar surface area (TPSA) is 59.4 Å². The summed E-state index contributed by atoms with van der Waals surface area (Å²) in [4.78, 5) is 15.4. The molecule has 1 aromatic heterocycles. The largest absolute Gasteiger partial charge is 0.497 e. The van der Waals surface area contributed by atoms with Crippen molar-refractivity contribution in [2.24, 2.45) is 0 Å². The monoisotopic (exact) mass is 275 g/mol. The van der Waals surface area contributed by atoms with Crippen molar-refractivity contribution in [1.29, 1.82) is 0 Å². The summed E-state index contributed by atoms with van der Waals surface area (Å²) in [6, 6.07) is 10.8. The van der Waals surface area contributed by atoms with Crippen LogP contribution >= 0.6 is 11.8 Å². The minimum Gasteiger partial charge on any atom is -0.497 e. The Labute approximate surface area is 115 Å². The fourth-order valence-electron chi connectivity index (χ4n) is 1.68. The molecular weight excluding hydrogens is 262 g/mol. The summed E-state index contributed by atoms with van der Waals surface area (Å²) < 4.78 is 5.10. The Morgan fingerprint density at radius 2 is 1.89 bits per heavy atom. The van der Waals surface area contributed by atoms with Gasteiger partial charge in [0.2, 0.25) is 0 Å². The van der Waals surface area contributed by atoms with Crippen molar-refractivity contribution in [2.45, 2.75) is 5.03 Å². The Balaban J connectivity index is 2.42. The standard InChI is InChI=1S/C14H13NO3S/c1-18-10-5-3-9(4-6-10)12-8-7-11(14(16)17)13(15-12)19-2/h3-8H,1-2H3,(H,16,17). The number of thioether (sulfide) groups is 1. The number of carboxylic acids is 1. The zero-order valence-electron chi connectivity index (χ0n) is 10.6. The first-order chi connectivity index (χ1) is 9.15. The maximum absolute atomic E-state index is 11.0. The van der Waals surface area contributed by atoms with Gasteiger partial charge in [-0.1, -0.05) is 0 Å². The van der Waals surface area contributed by atoms with Gasteiger partial charge in [-0.2, -0.15) is 0 Å². The first-order valence-electron chi connectivity index (χ1n) is 5.58. The zero-order valence-corrected chi connectivity index (χ0v) is 11.4. The van der Waals surface area contributed by atoms with Crippen LogP contribution in [0.3, 0.4) is 0 Å². The Kier molecular flexibility index (Phi) is 4.06. The maximum atomic E-state index is 11.0. The summed E-state index contributed by atoms with van der Waals surface area (Å²) >= 11 is 1.32. The highest BCUT2D eigenvalue weighted by Gasteiger charge is 2.12. The Hall–Kier alpha value is -2.01. The third-order valence-electron chi connectivity index (χ3n) is 2.67. The van der Waals surface area contributed by atoms with Gasteiger partial charge in [0.25, 0.3) is 0 Å². The molecule has 0 fully saturated rings. The first kappa shape index (κ1) is 13.4. The molecule has 0 saturated heterocycles. The third kappa shape index (κ3) is 2.88. The highest BCUT2D eigenvalue weighted by molar-refractivity contribution is 7.98. The minimum atomic E-state index is -0.960. The number of pyridine rings is 1. The van der Waals surface area contributed by atoms with Crippen molar-refractivity contribution in [2.75, 3.05) is 13.4 Å². The number of carboxylic acid groups (broad SMARTS) is 1. The van der Waals surface area contributed by atoms with E-state index in [2.05, 4.69) is 4.98 Å². The molecule has 5 heteroatoms. The van der Waals surface area contributed by atoms with E-state index in [0.29, 0.717) is 5.03 Å². The lowest BCUT2D eigenvalue weighted by Gasteiger charge is -2.07. The number of benzene rings is 1. The number of ether oxygens (including phenoxy) is 1. The number of methoxy groups -OCH3 is 1. The van der Waals surface area contributed by atoms with Gasteiger partial charge in [0.1, 0.15) is 10.8 Å². The number of hydrogen-bond acceptors (Lipinski definition) is 4. The lowest BCUT2D eigenvalue weighted by molar-refractivity contribution is 0.0692. The van der Waals surface area contributed by atoms with Gasteiger partial charge >= 0.3 is 5.97 Å². The van der Waals surface area contributed by atoms with E-state index in [9.17, 15) is 4.79 Å². The highest BCUT2D eigenvalue weighted by Crippen LogP contribution is 2.25. The molecule has 0 aliphatic rings. The molecule has 1 N–H and O–H groups in total. The molecule has 1 heterocycles. The van der Waals surface area contributed by atoms with Crippen molar-refractivity contribution in [3.63, 3.8) is 0 Å². The van der Waals surface area contributed by atoms with Gasteiger partial charge in [0.05, 0.1) is 18.4 Å². The molecule has 0 unspecified atom stereocenters. The molecule has 98 valence electrons. The molecule has 0 amide bonds. The second-order valence-corrected chi connectivity index (χ2v) is 4.58. The fraction of sp³-hybridized carbons (Fsp3) is 0.143. The van der Waals surface area contributed by atoms with E-state index in [-0.39, 0.29) is 5.56 Å². The molecular formula is C14H13NO3S. The maximum Gasteiger partial charge on any atom is 0.338 e. The summed E-state index contributed by atoms with van der Waals surface area (Å²) in [5.41, 5.74) is 1.90. The number of nitrogens with zero attached hydrogens (tertiary/aromatic N) is 1. The number of aromatic nitrogens is 1. The van der Waals surface area contributed by atoms with E-state index in [1.54, 1.807) is 19.2 Å². The predicted octanol–water partition coefficient (Wildman–Crippen LogP) is 3.18. The average molecular weight is 275 g/mol. The van der Waals surface area contributed by atoms with Gasteiger partial charge < -0.3 is 9.84 Å². The van der Waals surface area contributed by atoms with Gasteiger partial charge in [-0.05, 0) is 42.7 Å². The molecule has 0 aliphatic heterocycles. The van der Waals surface area contributed by atoms with Crippen LogP contribution in [0, 0.1) is 0 Å². The summed E-state index contributed by atoms with van der Waals surface area (Å²) in [6.45, 7) is 0. The quantitative estimate of drug-likeness (QED) is 0.868. The van der Waals surface area contributed by atoms with Crippen LogP contribution in [0.25, 0.3) is 11.3 Å². The highest BCUT2D eigenvalue weighted by atomic mass is 32.2. The van der Waals surface area contributed by atoms with E-state index in [1.807, 2.05) is 30.5 Å². The van der Waals surface area contributed by atoms with E-state index in [0.717, 1.165) is 17.0 Å². The summed E-state index contributed by atoms with van der Waals surface area (Å²) in [5, 5.41) is 9.57. The van der Waals surface area contributed by atoms with Crippen molar-refractivity contribution >= 4 is 17.7 Å².